The van der Waals surface area contributed by atoms with E-state index in [-0.39, 0.29) is 0 Å². The number of rotatable bonds is 5. The first-order valence-corrected chi connectivity index (χ1v) is 7.30. The summed E-state index contributed by atoms with van der Waals surface area (Å²) in [4.78, 5) is 10.7. The fourth-order valence-corrected chi connectivity index (χ4v) is 2.64. The monoisotopic (exact) mass is 300 g/mol. The highest BCUT2D eigenvalue weighted by Crippen LogP contribution is 2.30. The van der Waals surface area contributed by atoms with Crippen molar-refractivity contribution in [3.05, 3.63) is 36.7 Å². The highest BCUT2D eigenvalue weighted by molar-refractivity contribution is 5.56. The Morgan fingerprint density at radius 2 is 1.77 bits per heavy atom. The molecule has 1 fully saturated rings. The Morgan fingerprint density at radius 1 is 1.09 bits per heavy atom. The van der Waals surface area contributed by atoms with Crippen LogP contribution in [-0.2, 0) is 0 Å². The van der Waals surface area contributed by atoms with Gasteiger partial charge >= 0.3 is 0 Å². The number of nitrogens with one attached hydrogen (secondary N) is 1. The lowest BCUT2D eigenvalue weighted by molar-refractivity contribution is 0.394. The van der Waals surface area contributed by atoms with Gasteiger partial charge in [0.1, 0.15) is 11.5 Å². The van der Waals surface area contributed by atoms with Gasteiger partial charge in [-0.05, 0) is 12.5 Å². The SMILES string of the molecule is COc1cc(OC)cc(N2CC[C@H](Nc3ncccn3)C2)c1. The predicted octanol–water partition coefficient (Wildman–Crippen LogP) is 2.18. The molecule has 1 aromatic carbocycles. The maximum Gasteiger partial charge on any atom is 0.222 e. The minimum absolute atomic E-state index is 0.333. The van der Waals surface area contributed by atoms with Gasteiger partial charge < -0.3 is 19.7 Å². The first-order valence-electron chi connectivity index (χ1n) is 7.30. The van der Waals surface area contributed by atoms with Crippen molar-refractivity contribution in [3.63, 3.8) is 0 Å². The molecule has 0 unspecified atom stereocenters. The Bertz CT molecular complexity index is 599. The third kappa shape index (κ3) is 3.21. The molecule has 0 aliphatic carbocycles. The van der Waals surface area contributed by atoms with Crippen LogP contribution >= 0.6 is 0 Å². The molecule has 22 heavy (non-hydrogen) atoms. The van der Waals surface area contributed by atoms with Crippen molar-refractivity contribution in [1.82, 2.24) is 9.97 Å². The lowest BCUT2D eigenvalue weighted by Gasteiger charge is -2.20. The summed E-state index contributed by atoms with van der Waals surface area (Å²) in [5.41, 5.74) is 1.11. The Labute approximate surface area is 130 Å². The molecule has 1 saturated heterocycles. The van der Waals surface area contributed by atoms with Gasteiger partial charge in [-0.25, -0.2) is 9.97 Å². The molecule has 1 aliphatic heterocycles. The molecule has 6 heteroatoms. The summed E-state index contributed by atoms with van der Waals surface area (Å²) in [7, 11) is 3.33. The van der Waals surface area contributed by atoms with Crippen LogP contribution < -0.4 is 19.7 Å². The summed E-state index contributed by atoms with van der Waals surface area (Å²) in [6.45, 7) is 1.87. The van der Waals surface area contributed by atoms with Crippen LogP contribution in [0, 0.1) is 0 Å². The quantitative estimate of drug-likeness (QED) is 0.913. The third-order valence-corrected chi connectivity index (χ3v) is 3.79. The van der Waals surface area contributed by atoms with Crippen LogP contribution in [0.4, 0.5) is 11.6 Å². The minimum Gasteiger partial charge on any atom is -0.497 e. The number of methoxy groups -OCH3 is 2. The first-order chi connectivity index (χ1) is 10.8. The number of hydrogen-bond donors (Lipinski definition) is 1. The van der Waals surface area contributed by atoms with E-state index in [0.717, 1.165) is 36.7 Å². The largest absolute Gasteiger partial charge is 0.497 e. The number of ether oxygens (including phenoxy) is 2. The summed E-state index contributed by atoms with van der Waals surface area (Å²) >= 11 is 0. The molecule has 0 amide bonds. The molecular weight excluding hydrogens is 280 g/mol. The van der Waals surface area contributed by atoms with Crippen LogP contribution in [0.3, 0.4) is 0 Å². The second-order valence-corrected chi connectivity index (χ2v) is 5.22. The van der Waals surface area contributed by atoms with Crippen molar-refractivity contribution in [2.45, 2.75) is 12.5 Å². The van der Waals surface area contributed by atoms with Gasteiger partial charge in [-0.2, -0.15) is 0 Å². The zero-order valence-corrected chi connectivity index (χ0v) is 12.8. The molecule has 2 heterocycles. The Hall–Kier alpha value is -2.50. The van der Waals surface area contributed by atoms with E-state index in [9.17, 15) is 0 Å². The molecule has 0 radical (unpaired) electrons. The predicted molar refractivity (Wildman–Crippen MR) is 85.8 cm³/mol. The number of anilines is 2. The standard InChI is InChI=1S/C16H20N4O2/c1-21-14-8-13(9-15(10-14)22-2)20-7-4-12(11-20)19-16-17-5-3-6-18-16/h3,5-6,8-10,12H,4,7,11H2,1-2H3,(H,17,18,19)/t12-/m0/s1. The van der Waals surface area contributed by atoms with E-state index >= 15 is 0 Å². The molecule has 1 N–H and O–H groups in total. The molecular formula is C16H20N4O2. The maximum atomic E-state index is 5.34. The third-order valence-electron chi connectivity index (χ3n) is 3.79. The van der Waals surface area contributed by atoms with Crippen molar-refractivity contribution >= 4 is 11.6 Å². The van der Waals surface area contributed by atoms with E-state index in [1.54, 1.807) is 26.6 Å². The van der Waals surface area contributed by atoms with Crippen molar-refractivity contribution < 1.29 is 9.47 Å². The number of benzene rings is 1. The smallest absolute Gasteiger partial charge is 0.222 e. The van der Waals surface area contributed by atoms with Crippen LogP contribution in [0.1, 0.15) is 6.42 Å². The van der Waals surface area contributed by atoms with E-state index in [0.29, 0.717) is 12.0 Å². The van der Waals surface area contributed by atoms with Crippen LogP contribution in [0.25, 0.3) is 0 Å². The molecule has 3 rings (SSSR count). The topological polar surface area (TPSA) is 59.5 Å². The van der Waals surface area contributed by atoms with Gasteiger partial charge in [-0.15, -0.1) is 0 Å². The van der Waals surface area contributed by atoms with Gasteiger partial charge in [-0.3, -0.25) is 0 Å². The number of aromatic nitrogens is 2. The zero-order valence-electron chi connectivity index (χ0n) is 12.8. The molecule has 0 bridgehead atoms. The highest BCUT2D eigenvalue weighted by Gasteiger charge is 2.24. The summed E-state index contributed by atoms with van der Waals surface area (Å²) in [5.74, 6) is 2.28. The van der Waals surface area contributed by atoms with Gasteiger partial charge in [0.25, 0.3) is 0 Å². The van der Waals surface area contributed by atoms with Crippen LogP contribution in [0.5, 0.6) is 11.5 Å². The van der Waals surface area contributed by atoms with Gasteiger partial charge in [0.15, 0.2) is 0 Å². The van der Waals surface area contributed by atoms with E-state index in [1.807, 2.05) is 24.3 Å². The summed E-state index contributed by atoms with van der Waals surface area (Å²) in [6.07, 6.45) is 4.53. The molecule has 1 aromatic heterocycles. The normalized spacial score (nSPS) is 17.4. The van der Waals surface area contributed by atoms with Crippen molar-refractivity contribution in [1.29, 1.82) is 0 Å². The fraction of sp³-hybridized carbons (Fsp3) is 0.375. The van der Waals surface area contributed by atoms with Gasteiger partial charge in [0.2, 0.25) is 5.95 Å². The average molecular weight is 300 g/mol. The van der Waals surface area contributed by atoms with Crippen molar-refractivity contribution in [2.75, 3.05) is 37.5 Å². The molecule has 116 valence electrons. The molecule has 0 saturated carbocycles. The lowest BCUT2D eigenvalue weighted by Crippen LogP contribution is -2.26. The average Bonchev–Trinajstić information content (AvgIpc) is 3.03. The van der Waals surface area contributed by atoms with E-state index in [4.69, 9.17) is 9.47 Å². The summed E-state index contributed by atoms with van der Waals surface area (Å²) < 4.78 is 10.7. The van der Waals surface area contributed by atoms with Crippen molar-refractivity contribution in [2.24, 2.45) is 0 Å². The van der Waals surface area contributed by atoms with Gasteiger partial charge in [0, 0.05) is 55.4 Å². The zero-order chi connectivity index (χ0) is 15.4. The van der Waals surface area contributed by atoms with Crippen LogP contribution in [0.15, 0.2) is 36.7 Å². The van der Waals surface area contributed by atoms with Crippen molar-refractivity contribution in [3.8, 4) is 11.5 Å². The molecule has 6 nitrogen and oxygen atoms in total. The molecule has 1 atom stereocenters. The lowest BCUT2D eigenvalue weighted by atomic mass is 10.2. The van der Waals surface area contributed by atoms with Crippen LogP contribution in [-0.4, -0.2) is 43.3 Å². The summed E-state index contributed by atoms with van der Waals surface area (Å²) in [6, 6.07) is 8.09. The molecule has 2 aromatic rings. The van der Waals surface area contributed by atoms with E-state index < -0.39 is 0 Å². The number of hydrogen-bond acceptors (Lipinski definition) is 6. The van der Waals surface area contributed by atoms with Crippen LogP contribution in [0.2, 0.25) is 0 Å². The Morgan fingerprint density at radius 3 is 2.41 bits per heavy atom. The minimum atomic E-state index is 0.333. The van der Waals surface area contributed by atoms with Gasteiger partial charge in [-0.1, -0.05) is 0 Å². The Balaban J connectivity index is 1.69. The first kappa shape index (κ1) is 14.4. The Kier molecular flexibility index (Phi) is 4.27. The maximum absolute atomic E-state index is 5.34. The fourth-order valence-electron chi connectivity index (χ4n) is 2.64. The number of nitrogens with zero attached hydrogens (tertiary/aromatic N) is 3. The highest BCUT2D eigenvalue weighted by atomic mass is 16.5. The van der Waals surface area contributed by atoms with E-state index in [1.165, 1.54) is 0 Å². The van der Waals surface area contributed by atoms with Gasteiger partial charge in [0.05, 0.1) is 14.2 Å². The molecule has 0 spiro atoms. The summed E-state index contributed by atoms with van der Waals surface area (Å²) in [5, 5.41) is 3.37. The van der Waals surface area contributed by atoms with E-state index in [2.05, 4.69) is 20.2 Å². The molecule has 1 aliphatic rings. The second-order valence-electron chi connectivity index (χ2n) is 5.22. The second kappa shape index (κ2) is 6.51.